The zero-order valence-corrected chi connectivity index (χ0v) is 28.9. The van der Waals surface area contributed by atoms with Crippen LogP contribution in [0.5, 0.6) is 0 Å². The highest BCUT2D eigenvalue weighted by Gasteiger charge is 2.81. The summed E-state index contributed by atoms with van der Waals surface area (Å²) in [6.07, 6.45) is -0.0909. The maximum absolute atomic E-state index is 13.4. The van der Waals surface area contributed by atoms with Crippen LogP contribution in [0.25, 0.3) is 6.08 Å². The highest BCUT2D eigenvalue weighted by atomic mass is 19.4. The molecule has 268 valence electrons. The predicted molar refractivity (Wildman–Crippen MR) is 174 cm³/mol. The number of aliphatic hydroxyl groups is 3. The van der Waals surface area contributed by atoms with E-state index in [0.717, 1.165) is 29.4 Å². The molecule has 8 atom stereocenters. The van der Waals surface area contributed by atoms with Crippen molar-refractivity contribution in [3.8, 4) is 0 Å². The molecule has 0 radical (unpaired) electrons. The summed E-state index contributed by atoms with van der Waals surface area (Å²) in [6, 6.07) is 4.93. The van der Waals surface area contributed by atoms with Gasteiger partial charge in [0.25, 0.3) is 0 Å². The molecule has 3 fully saturated rings. The van der Waals surface area contributed by atoms with E-state index in [1.165, 1.54) is 38.1 Å². The van der Waals surface area contributed by atoms with Crippen molar-refractivity contribution in [1.29, 1.82) is 0 Å². The number of Topliss-reactive ketones (excluding diaryl/α,β-unsaturated/α-hetero) is 1. The Morgan fingerprint density at radius 2 is 1.65 bits per heavy atom. The monoisotopic (exact) mass is 688 g/mol. The molecular weight excluding hydrogens is 641 g/mol. The highest BCUT2D eigenvalue weighted by molar-refractivity contribution is 5.88. The Kier molecular flexibility index (Phi) is 9.43. The van der Waals surface area contributed by atoms with E-state index < -0.39 is 75.2 Å². The molecule has 0 aromatic heterocycles. The van der Waals surface area contributed by atoms with E-state index in [2.05, 4.69) is 0 Å². The zero-order chi connectivity index (χ0) is 36.4. The molecule has 3 N–H and O–H groups in total. The van der Waals surface area contributed by atoms with Gasteiger partial charge in [-0.05, 0) is 88.3 Å². The number of hydrogen-bond acceptors (Lipinski definition) is 8. The molecule has 3 saturated carbocycles. The number of allylic oxidation sites excluding steroid dienone is 1. The third kappa shape index (κ3) is 5.79. The van der Waals surface area contributed by atoms with Crippen LogP contribution in [0, 0.1) is 22.7 Å². The van der Waals surface area contributed by atoms with Gasteiger partial charge in [-0.3, -0.25) is 4.79 Å². The van der Waals surface area contributed by atoms with E-state index in [1.807, 2.05) is 26.8 Å². The van der Waals surface area contributed by atoms with Gasteiger partial charge in [0.05, 0.1) is 11.0 Å². The molecule has 11 heteroatoms. The van der Waals surface area contributed by atoms with Crippen LogP contribution in [0.15, 0.2) is 53.6 Å². The van der Waals surface area contributed by atoms with Crippen LogP contribution >= 0.6 is 0 Å². The summed E-state index contributed by atoms with van der Waals surface area (Å²) < 4.78 is 51.9. The lowest BCUT2D eigenvalue weighted by Crippen LogP contribution is -2.78. The summed E-state index contributed by atoms with van der Waals surface area (Å²) in [4.78, 5) is 39.1. The fraction of sp³-hybridized carbons (Fsp3) is 0.605. The number of carbonyl (C=O) groups is 3. The molecule has 0 aliphatic heterocycles. The van der Waals surface area contributed by atoms with Gasteiger partial charge in [-0.1, -0.05) is 56.2 Å². The molecule has 1 unspecified atom stereocenters. The maximum Gasteiger partial charge on any atom is 0.416 e. The van der Waals surface area contributed by atoms with Gasteiger partial charge in [-0.2, -0.15) is 13.2 Å². The number of halogens is 3. The minimum Gasteiger partial charge on any atom is -0.459 e. The largest absolute Gasteiger partial charge is 0.459 e. The van der Waals surface area contributed by atoms with Crippen LogP contribution in [0.1, 0.15) is 97.6 Å². The number of hydrogen-bond donors (Lipinski definition) is 3. The number of benzene rings is 1. The second-order valence-corrected chi connectivity index (χ2v) is 15.2. The summed E-state index contributed by atoms with van der Waals surface area (Å²) in [5, 5.41) is 37.1. The van der Waals surface area contributed by atoms with E-state index in [1.54, 1.807) is 6.92 Å². The molecule has 0 heterocycles. The molecule has 0 amide bonds. The van der Waals surface area contributed by atoms with Crippen LogP contribution in [0.3, 0.4) is 0 Å². The standard InChI is InChI=1S/C38H47F3O8/c1-22(2)23(3)19-32(44)49-30-21-29-33(5)15-14-27(48-31(43)12-11-25-9-7-8-10-28(25)38(39,40)41)20-26(33)13-16-36(29,46)37(47)18-17-35(45,24(4)42)34(30,37)6/h7-13,19,22,27,29-30,45-47H,14-18,20-21H2,1-6H3/b12-11+,23-19+/t27-,29?,30+,33-,34+,35+,36-,37+/m0/s1. The molecule has 5 rings (SSSR count). The molecule has 49 heavy (non-hydrogen) atoms. The first-order valence-corrected chi connectivity index (χ1v) is 17.0. The number of fused-ring (bicyclic) bond motifs is 5. The Bertz CT molecular complexity index is 1610. The van der Waals surface area contributed by atoms with Crippen molar-refractivity contribution in [3.05, 3.63) is 64.8 Å². The van der Waals surface area contributed by atoms with Crippen LogP contribution in [0.4, 0.5) is 13.2 Å². The first kappa shape index (κ1) is 37.0. The number of ketones is 1. The van der Waals surface area contributed by atoms with Gasteiger partial charge in [0.2, 0.25) is 0 Å². The Labute approximate surface area is 285 Å². The van der Waals surface area contributed by atoms with E-state index in [4.69, 9.17) is 9.47 Å². The molecule has 1 aromatic rings. The van der Waals surface area contributed by atoms with Crippen LogP contribution in [-0.2, 0) is 30.0 Å². The Balaban J connectivity index is 1.43. The van der Waals surface area contributed by atoms with Crippen molar-refractivity contribution in [1.82, 2.24) is 0 Å². The summed E-state index contributed by atoms with van der Waals surface area (Å²) in [6.45, 7) is 10.4. The van der Waals surface area contributed by atoms with E-state index in [-0.39, 0.29) is 37.2 Å². The Morgan fingerprint density at radius 1 is 0.980 bits per heavy atom. The van der Waals surface area contributed by atoms with Crippen LogP contribution < -0.4 is 0 Å². The molecule has 8 nitrogen and oxygen atoms in total. The van der Waals surface area contributed by atoms with Crippen molar-refractivity contribution in [2.75, 3.05) is 0 Å². The van der Waals surface area contributed by atoms with Crippen LogP contribution in [0.2, 0.25) is 0 Å². The summed E-state index contributed by atoms with van der Waals surface area (Å²) >= 11 is 0. The lowest BCUT2D eigenvalue weighted by Gasteiger charge is -2.67. The van der Waals surface area contributed by atoms with Gasteiger partial charge < -0.3 is 24.8 Å². The molecule has 0 bridgehead atoms. The molecule has 1 aromatic carbocycles. The smallest absolute Gasteiger partial charge is 0.416 e. The summed E-state index contributed by atoms with van der Waals surface area (Å²) in [5.41, 5.74) is -7.68. The Hall–Kier alpha value is -3.28. The molecule has 4 aliphatic carbocycles. The van der Waals surface area contributed by atoms with E-state index >= 15 is 0 Å². The fourth-order valence-corrected chi connectivity index (χ4v) is 9.25. The maximum atomic E-state index is 13.4. The van der Waals surface area contributed by atoms with Gasteiger partial charge in [-0.25, -0.2) is 9.59 Å². The SMILES string of the molecule is CC(=O)[C@]1(O)CC[C@@]2(O)[C@]1(C)[C@H](OC(=O)/C=C(\C)C(C)C)CC1[C@@]3(C)CC[C@H](OC(=O)/C=C/c4ccccc4C(F)(F)F)CC3=CC[C@]12O. The second-order valence-electron chi connectivity index (χ2n) is 15.2. The van der Waals surface area contributed by atoms with E-state index in [9.17, 15) is 42.9 Å². The van der Waals surface area contributed by atoms with Gasteiger partial charge in [0.15, 0.2) is 5.78 Å². The molecule has 0 saturated heterocycles. The van der Waals surface area contributed by atoms with Gasteiger partial charge in [0, 0.05) is 24.5 Å². The van der Waals surface area contributed by atoms with Gasteiger partial charge >= 0.3 is 18.1 Å². The summed E-state index contributed by atoms with van der Waals surface area (Å²) in [5.74, 6) is -2.62. The van der Waals surface area contributed by atoms with Gasteiger partial charge in [-0.15, -0.1) is 0 Å². The van der Waals surface area contributed by atoms with Crippen molar-refractivity contribution in [2.45, 2.75) is 122 Å². The lowest BCUT2D eigenvalue weighted by atomic mass is 9.42. The van der Waals surface area contributed by atoms with Crippen molar-refractivity contribution in [2.24, 2.45) is 22.7 Å². The third-order valence-electron chi connectivity index (χ3n) is 12.6. The average Bonchev–Trinajstić information content (AvgIpc) is 3.25. The minimum absolute atomic E-state index is 0.00944. The van der Waals surface area contributed by atoms with Crippen molar-refractivity contribution >= 4 is 23.8 Å². The third-order valence-corrected chi connectivity index (χ3v) is 12.6. The minimum atomic E-state index is -4.58. The van der Waals surface area contributed by atoms with Crippen LogP contribution in [-0.4, -0.2) is 62.1 Å². The average molecular weight is 689 g/mol. The van der Waals surface area contributed by atoms with Crippen molar-refractivity contribution < 1.29 is 52.3 Å². The van der Waals surface area contributed by atoms with Gasteiger partial charge in [0.1, 0.15) is 29.0 Å². The lowest BCUT2D eigenvalue weighted by molar-refractivity contribution is -0.314. The van der Waals surface area contributed by atoms with E-state index in [0.29, 0.717) is 19.3 Å². The second kappa shape index (κ2) is 12.5. The topological polar surface area (TPSA) is 130 Å². The molecular formula is C38H47F3O8. The number of rotatable bonds is 7. The zero-order valence-electron chi connectivity index (χ0n) is 28.9. The first-order valence-electron chi connectivity index (χ1n) is 17.0. The molecule has 0 spiro atoms. The fourth-order valence-electron chi connectivity index (χ4n) is 9.25. The van der Waals surface area contributed by atoms with Crippen molar-refractivity contribution in [3.63, 3.8) is 0 Å². The summed E-state index contributed by atoms with van der Waals surface area (Å²) in [7, 11) is 0. The first-order chi connectivity index (χ1) is 22.6. The number of esters is 2. The normalized spacial score (nSPS) is 37.6. The number of carbonyl (C=O) groups excluding carboxylic acids is 3. The predicted octanol–water partition coefficient (Wildman–Crippen LogP) is 6.27. The molecule has 4 aliphatic rings. The number of alkyl halides is 3. The Morgan fingerprint density at radius 3 is 2.29 bits per heavy atom. The highest BCUT2D eigenvalue weighted by Crippen LogP contribution is 2.71. The quantitative estimate of drug-likeness (QED) is 0.174. The number of ether oxygens (including phenoxy) is 2.